The van der Waals surface area contributed by atoms with Gasteiger partial charge in [0.2, 0.25) is 0 Å². The number of rotatable bonds is 2. The van der Waals surface area contributed by atoms with Crippen LogP contribution in [0.1, 0.15) is 31.1 Å². The van der Waals surface area contributed by atoms with Crippen LogP contribution in [0.3, 0.4) is 0 Å². The van der Waals surface area contributed by atoms with E-state index in [9.17, 15) is 9.18 Å². The SMILES string of the molecule is CC(C)(C)Sc1cccc(F)c1C(N)=O. The third-order valence-corrected chi connectivity index (χ3v) is 2.81. The molecule has 4 heteroatoms. The second-order valence-electron chi connectivity index (χ2n) is 4.19. The van der Waals surface area contributed by atoms with Crippen LogP contribution in [0.2, 0.25) is 0 Å². The highest BCUT2D eigenvalue weighted by Gasteiger charge is 2.19. The van der Waals surface area contributed by atoms with Gasteiger partial charge in [0, 0.05) is 9.64 Å². The highest BCUT2D eigenvalue weighted by Crippen LogP contribution is 2.34. The van der Waals surface area contributed by atoms with Crippen LogP contribution in [-0.2, 0) is 0 Å². The van der Waals surface area contributed by atoms with E-state index < -0.39 is 11.7 Å². The van der Waals surface area contributed by atoms with Gasteiger partial charge in [-0.3, -0.25) is 4.79 Å². The minimum absolute atomic E-state index is 0.0163. The molecule has 0 aromatic heterocycles. The predicted octanol–water partition coefficient (Wildman–Crippen LogP) is 2.82. The molecule has 0 heterocycles. The van der Waals surface area contributed by atoms with Crippen molar-refractivity contribution in [2.75, 3.05) is 0 Å². The van der Waals surface area contributed by atoms with Crippen molar-refractivity contribution in [2.24, 2.45) is 5.73 Å². The second kappa shape index (κ2) is 4.23. The summed E-state index contributed by atoms with van der Waals surface area (Å²) in [6, 6.07) is 4.53. The zero-order chi connectivity index (χ0) is 11.6. The number of hydrogen-bond donors (Lipinski definition) is 1. The van der Waals surface area contributed by atoms with Gasteiger partial charge in [-0.2, -0.15) is 0 Å². The van der Waals surface area contributed by atoms with E-state index in [4.69, 9.17) is 5.73 Å². The minimum Gasteiger partial charge on any atom is -0.365 e. The summed E-state index contributed by atoms with van der Waals surface area (Å²) in [5, 5.41) is 0. The molecular weight excluding hydrogens is 213 g/mol. The molecule has 0 unspecified atom stereocenters. The lowest BCUT2D eigenvalue weighted by Gasteiger charge is -2.19. The molecule has 0 bridgehead atoms. The van der Waals surface area contributed by atoms with Crippen LogP contribution in [0.5, 0.6) is 0 Å². The molecular formula is C11H14FNOS. The Kier molecular flexibility index (Phi) is 3.39. The normalized spacial score (nSPS) is 11.5. The second-order valence-corrected chi connectivity index (χ2v) is 6.06. The standard InChI is InChI=1S/C11H14FNOS/c1-11(2,3)15-8-6-4-5-7(12)9(8)10(13)14/h4-6H,1-3H3,(H2,13,14). The van der Waals surface area contributed by atoms with Gasteiger partial charge in [0.1, 0.15) is 5.82 Å². The molecule has 0 saturated heterocycles. The number of benzene rings is 1. The molecule has 1 rings (SSSR count). The van der Waals surface area contributed by atoms with Crippen LogP contribution in [0.4, 0.5) is 4.39 Å². The summed E-state index contributed by atoms with van der Waals surface area (Å²) in [5.41, 5.74) is 5.13. The fraction of sp³-hybridized carbons (Fsp3) is 0.364. The van der Waals surface area contributed by atoms with Crippen molar-refractivity contribution in [1.82, 2.24) is 0 Å². The number of hydrogen-bond acceptors (Lipinski definition) is 2. The summed E-state index contributed by atoms with van der Waals surface area (Å²) in [7, 11) is 0. The van der Waals surface area contributed by atoms with E-state index >= 15 is 0 Å². The van der Waals surface area contributed by atoms with Crippen molar-refractivity contribution in [3.05, 3.63) is 29.6 Å². The molecule has 82 valence electrons. The van der Waals surface area contributed by atoms with E-state index in [-0.39, 0.29) is 10.3 Å². The molecule has 1 amide bonds. The molecule has 0 aliphatic carbocycles. The Labute approximate surface area is 93.0 Å². The Morgan fingerprint density at radius 2 is 2.00 bits per heavy atom. The van der Waals surface area contributed by atoms with E-state index in [1.807, 2.05) is 20.8 Å². The molecule has 2 nitrogen and oxygen atoms in total. The van der Waals surface area contributed by atoms with Crippen LogP contribution in [0.25, 0.3) is 0 Å². The number of carbonyl (C=O) groups is 1. The summed E-state index contributed by atoms with van der Waals surface area (Å²) in [4.78, 5) is 11.7. The molecule has 0 saturated carbocycles. The summed E-state index contributed by atoms with van der Waals surface area (Å²) in [6.45, 7) is 5.98. The molecule has 0 spiro atoms. The van der Waals surface area contributed by atoms with E-state index in [0.29, 0.717) is 4.90 Å². The third-order valence-electron chi connectivity index (χ3n) is 1.64. The molecule has 0 radical (unpaired) electrons. The lowest BCUT2D eigenvalue weighted by molar-refractivity contribution is 0.0993. The Hall–Kier alpha value is -1.03. The molecule has 0 aliphatic rings. The zero-order valence-electron chi connectivity index (χ0n) is 9.00. The maximum Gasteiger partial charge on any atom is 0.252 e. The fourth-order valence-corrected chi connectivity index (χ4v) is 2.26. The number of carbonyl (C=O) groups excluding carboxylic acids is 1. The number of thioether (sulfide) groups is 1. The number of primary amides is 1. The van der Waals surface area contributed by atoms with Crippen molar-refractivity contribution in [3.8, 4) is 0 Å². The van der Waals surface area contributed by atoms with Crippen LogP contribution < -0.4 is 5.73 Å². The average molecular weight is 227 g/mol. The smallest absolute Gasteiger partial charge is 0.252 e. The molecule has 2 N–H and O–H groups in total. The topological polar surface area (TPSA) is 43.1 Å². The van der Waals surface area contributed by atoms with E-state index in [2.05, 4.69) is 0 Å². The lowest BCUT2D eigenvalue weighted by Crippen LogP contribution is -2.16. The van der Waals surface area contributed by atoms with Gasteiger partial charge < -0.3 is 5.73 Å². The van der Waals surface area contributed by atoms with E-state index in [1.54, 1.807) is 12.1 Å². The first kappa shape index (κ1) is 12.0. The van der Waals surface area contributed by atoms with Crippen molar-refractivity contribution in [1.29, 1.82) is 0 Å². The monoisotopic (exact) mass is 227 g/mol. The Balaban J connectivity index is 3.18. The van der Waals surface area contributed by atoms with Gasteiger partial charge in [-0.05, 0) is 12.1 Å². The Bertz CT molecular complexity index is 385. The van der Waals surface area contributed by atoms with Gasteiger partial charge in [0.05, 0.1) is 5.56 Å². The predicted molar refractivity (Wildman–Crippen MR) is 60.5 cm³/mol. The van der Waals surface area contributed by atoms with Crippen LogP contribution >= 0.6 is 11.8 Å². The molecule has 0 fully saturated rings. The maximum absolute atomic E-state index is 13.4. The number of nitrogens with two attached hydrogens (primary N) is 1. The number of amides is 1. The molecule has 1 aromatic rings. The van der Waals surface area contributed by atoms with Gasteiger partial charge in [0.15, 0.2) is 0 Å². The highest BCUT2D eigenvalue weighted by molar-refractivity contribution is 8.00. The molecule has 1 aromatic carbocycles. The van der Waals surface area contributed by atoms with Gasteiger partial charge in [-0.15, -0.1) is 11.8 Å². The van der Waals surface area contributed by atoms with Gasteiger partial charge in [-0.1, -0.05) is 26.8 Å². The Morgan fingerprint density at radius 1 is 1.40 bits per heavy atom. The largest absolute Gasteiger partial charge is 0.365 e. The summed E-state index contributed by atoms with van der Waals surface area (Å²) < 4.78 is 13.3. The van der Waals surface area contributed by atoms with Gasteiger partial charge in [0.25, 0.3) is 5.91 Å². The van der Waals surface area contributed by atoms with E-state index in [1.165, 1.54) is 17.8 Å². The highest BCUT2D eigenvalue weighted by atomic mass is 32.2. The first-order valence-corrected chi connectivity index (χ1v) is 5.40. The average Bonchev–Trinajstić information content (AvgIpc) is 1.99. The summed E-state index contributed by atoms with van der Waals surface area (Å²) in [6.07, 6.45) is 0. The molecule has 0 atom stereocenters. The van der Waals surface area contributed by atoms with Gasteiger partial charge in [-0.25, -0.2) is 4.39 Å². The Morgan fingerprint density at radius 3 is 2.47 bits per heavy atom. The number of halogens is 1. The summed E-state index contributed by atoms with van der Waals surface area (Å²) in [5.74, 6) is -1.28. The lowest BCUT2D eigenvalue weighted by atomic mass is 10.2. The quantitative estimate of drug-likeness (QED) is 0.789. The summed E-state index contributed by atoms with van der Waals surface area (Å²) >= 11 is 1.43. The zero-order valence-corrected chi connectivity index (χ0v) is 9.82. The van der Waals surface area contributed by atoms with E-state index in [0.717, 1.165) is 0 Å². The fourth-order valence-electron chi connectivity index (χ4n) is 1.16. The first-order chi connectivity index (χ1) is 6.81. The molecule has 0 aliphatic heterocycles. The minimum atomic E-state index is -0.722. The molecule has 15 heavy (non-hydrogen) atoms. The van der Waals surface area contributed by atoms with Crippen LogP contribution in [0.15, 0.2) is 23.1 Å². The van der Waals surface area contributed by atoms with Gasteiger partial charge >= 0.3 is 0 Å². The van der Waals surface area contributed by atoms with Crippen LogP contribution in [0, 0.1) is 5.82 Å². The maximum atomic E-state index is 13.4. The van der Waals surface area contributed by atoms with Crippen LogP contribution in [-0.4, -0.2) is 10.7 Å². The third kappa shape index (κ3) is 3.23. The first-order valence-electron chi connectivity index (χ1n) is 4.58. The van der Waals surface area contributed by atoms with Crippen molar-refractivity contribution >= 4 is 17.7 Å². The van der Waals surface area contributed by atoms with Crippen molar-refractivity contribution < 1.29 is 9.18 Å². The van der Waals surface area contributed by atoms with Crippen molar-refractivity contribution in [3.63, 3.8) is 0 Å². The van der Waals surface area contributed by atoms with Crippen molar-refractivity contribution in [2.45, 2.75) is 30.4 Å².